The zero-order chi connectivity index (χ0) is 23.0. The number of anilines is 1. The summed E-state index contributed by atoms with van der Waals surface area (Å²) in [5.74, 6) is 2.46. The standard InChI is InChI=1S/C24H21N5O4/c1-31-20-10-4-17(16-21(20)32-2)5-12-23(30)26-18-6-8-19(9-7-18)33-24-13-11-22(27-28-24)29-15-3-14-25-29/h3-16H,1-2H3,(H,26,30)/b12-5+. The molecule has 4 aromatic rings. The summed E-state index contributed by atoms with van der Waals surface area (Å²) in [6.45, 7) is 0. The minimum atomic E-state index is -0.265. The van der Waals surface area contributed by atoms with Crippen molar-refractivity contribution in [1.29, 1.82) is 0 Å². The Morgan fingerprint density at radius 3 is 2.45 bits per heavy atom. The van der Waals surface area contributed by atoms with Crippen molar-refractivity contribution in [2.45, 2.75) is 0 Å². The Bertz CT molecular complexity index is 1240. The van der Waals surface area contributed by atoms with Crippen LogP contribution in [-0.4, -0.2) is 40.1 Å². The van der Waals surface area contributed by atoms with E-state index in [2.05, 4.69) is 20.6 Å². The maximum Gasteiger partial charge on any atom is 0.248 e. The number of carbonyl (C=O) groups is 1. The molecule has 0 fully saturated rings. The largest absolute Gasteiger partial charge is 0.493 e. The zero-order valence-electron chi connectivity index (χ0n) is 18.0. The van der Waals surface area contributed by atoms with Gasteiger partial charge < -0.3 is 19.5 Å². The first-order valence-electron chi connectivity index (χ1n) is 9.97. The molecule has 2 aromatic heterocycles. The topological polar surface area (TPSA) is 100 Å². The minimum Gasteiger partial charge on any atom is -0.493 e. The number of ether oxygens (including phenoxy) is 3. The number of benzene rings is 2. The Morgan fingerprint density at radius 1 is 0.970 bits per heavy atom. The van der Waals surface area contributed by atoms with Gasteiger partial charge in [0.2, 0.25) is 11.8 Å². The van der Waals surface area contributed by atoms with Gasteiger partial charge >= 0.3 is 0 Å². The van der Waals surface area contributed by atoms with Crippen LogP contribution >= 0.6 is 0 Å². The number of nitrogens with one attached hydrogen (secondary N) is 1. The Kier molecular flexibility index (Phi) is 6.60. The van der Waals surface area contributed by atoms with Gasteiger partial charge in [0.25, 0.3) is 0 Å². The molecule has 0 aliphatic heterocycles. The number of carbonyl (C=O) groups excluding carboxylic acids is 1. The lowest BCUT2D eigenvalue weighted by Crippen LogP contribution is -2.07. The Hall–Kier alpha value is -4.66. The van der Waals surface area contributed by atoms with E-state index in [0.29, 0.717) is 34.6 Å². The molecule has 0 radical (unpaired) electrons. The molecule has 0 saturated heterocycles. The van der Waals surface area contributed by atoms with Crippen LogP contribution in [0.15, 0.2) is 79.1 Å². The summed E-state index contributed by atoms with van der Waals surface area (Å²) in [7, 11) is 3.14. The molecule has 9 heteroatoms. The summed E-state index contributed by atoms with van der Waals surface area (Å²) < 4.78 is 17.8. The summed E-state index contributed by atoms with van der Waals surface area (Å²) in [6, 6.07) is 17.6. The van der Waals surface area contributed by atoms with E-state index in [0.717, 1.165) is 5.56 Å². The normalized spacial score (nSPS) is 10.7. The molecule has 0 atom stereocenters. The van der Waals surface area contributed by atoms with Crippen molar-refractivity contribution < 1.29 is 19.0 Å². The van der Waals surface area contributed by atoms with Crippen LogP contribution in [0.25, 0.3) is 11.9 Å². The fraction of sp³-hybridized carbons (Fsp3) is 0.0833. The van der Waals surface area contributed by atoms with Gasteiger partial charge in [0.1, 0.15) is 5.75 Å². The second-order valence-electron chi connectivity index (χ2n) is 6.74. The van der Waals surface area contributed by atoms with Crippen molar-refractivity contribution in [3.05, 3.63) is 84.7 Å². The third-order valence-electron chi connectivity index (χ3n) is 4.54. The Labute approximate surface area is 190 Å². The minimum absolute atomic E-state index is 0.265. The number of aromatic nitrogens is 4. The maximum absolute atomic E-state index is 12.3. The fourth-order valence-electron chi connectivity index (χ4n) is 2.93. The highest BCUT2D eigenvalue weighted by Crippen LogP contribution is 2.28. The van der Waals surface area contributed by atoms with Gasteiger partial charge in [-0.15, -0.1) is 10.2 Å². The first kappa shape index (κ1) is 21.6. The molecule has 166 valence electrons. The van der Waals surface area contributed by atoms with Crippen LogP contribution in [0.2, 0.25) is 0 Å². The van der Waals surface area contributed by atoms with Crippen LogP contribution in [0.5, 0.6) is 23.1 Å². The smallest absolute Gasteiger partial charge is 0.248 e. The number of hydrogen-bond donors (Lipinski definition) is 1. The van der Waals surface area contributed by atoms with E-state index in [9.17, 15) is 4.79 Å². The number of hydrogen-bond acceptors (Lipinski definition) is 7. The highest BCUT2D eigenvalue weighted by atomic mass is 16.5. The van der Waals surface area contributed by atoms with Crippen LogP contribution in [0.4, 0.5) is 5.69 Å². The second kappa shape index (κ2) is 10.1. The number of amides is 1. The van der Waals surface area contributed by atoms with Crippen molar-refractivity contribution in [1.82, 2.24) is 20.0 Å². The average molecular weight is 443 g/mol. The van der Waals surface area contributed by atoms with E-state index in [4.69, 9.17) is 14.2 Å². The van der Waals surface area contributed by atoms with Crippen molar-refractivity contribution in [2.75, 3.05) is 19.5 Å². The highest BCUT2D eigenvalue weighted by molar-refractivity contribution is 6.02. The summed E-state index contributed by atoms with van der Waals surface area (Å²) in [5.41, 5.74) is 1.44. The molecular weight excluding hydrogens is 422 g/mol. The molecule has 2 heterocycles. The van der Waals surface area contributed by atoms with E-state index in [1.54, 1.807) is 92.0 Å². The summed E-state index contributed by atoms with van der Waals surface area (Å²) in [6.07, 6.45) is 6.59. The third-order valence-corrected chi connectivity index (χ3v) is 4.54. The Morgan fingerprint density at radius 2 is 1.79 bits per heavy atom. The quantitative estimate of drug-likeness (QED) is 0.409. The number of nitrogens with zero attached hydrogens (tertiary/aromatic N) is 4. The first-order valence-corrected chi connectivity index (χ1v) is 9.97. The molecule has 0 aliphatic carbocycles. The van der Waals surface area contributed by atoms with Gasteiger partial charge in [0.15, 0.2) is 17.3 Å². The molecule has 1 N–H and O–H groups in total. The van der Waals surface area contributed by atoms with Crippen LogP contribution in [-0.2, 0) is 4.79 Å². The van der Waals surface area contributed by atoms with Crippen LogP contribution in [0.1, 0.15) is 5.56 Å². The van der Waals surface area contributed by atoms with E-state index in [1.807, 2.05) is 6.07 Å². The highest BCUT2D eigenvalue weighted by Gasteiger charge is 2.05. The van der Waals surface area contributed by atoms with Gasteiger partial charge in [-0.3, -0.25) is 4.79 Å². The molecule has 1 amide bonds. The van der Waals surface area contributed by atoms with E-state index >= 15 is 0 Å². The van der Waals surface area contributed by atoms with Gasteiger partial charge in [-0.25, -0.2) is 4.68 Å². The van der Waals surface area contributed by atoms with Gasteiger partial charge in [0.05, 0.1) is 14.2 Å². The molecular formula is C24H21N5O4. The molecule has 0 spiro atoms. The molecule has 9 nitrogen and oxygen atoms in total. The van der Waals surface area contributed by atoms with Crippen LogP contribution < -0.4 is 19.5 Å². The lowest BCUT2D eigenvalue weighted by Gasteiger charge is -2.08. The van der Waals surface area contributed by atoms with Crippen molar-refractivity contribution in [3.8, 4) is 28.9 Å². The number of rotatable bonds is 8. The molecule has 0 saturated carbocycles. The first-order chi connectivity index (χ1) is 16.1. The van der Waals surface area contributed by atoms with Crippen LogP contribution in [0.3, 0.4) is 0 Å². The predicted molar refractivity (Wildman–Crippen MR) is 123 cm³/mol. The third kappa shape index (κ3) is 5.53. The maximum atomic E-state index is 12.3. The summed E-state index contributed by atoms with van der Waals surface area (Å²) >= 11 is 0. The molecule has 4 rings (SSSR count). The lowest BCUT2D eigenvalue weighted by molar-refractivity contribution is -0.111. The molecule has 0 bridgehead atoms. The van der Waals surface area contributed by atoms with Gasteiger partial charge in [-0.1, -0.05) is 6.07 Å². The Balaban J connectivity index is 1.33. The summed E-state index contributed by atoms with van der Waals surface area (Å²) in [5, 5.41) is 15.0. The van der Waals surface area contributed by atoms with E-state index < -0.39 is 0 Å². The SMILES string of the molecule is COc1ccc(/C=C/C(=O)Nc2ccc(Oc3ccc(-n4cccn4)nn3)cc2)cc1OC. The van der Waals surface area contributed by atoms with Gasteiger partial charge in [0, 0.05) is 30.2 Å². The molecule has 33 heavy (non-hydrogen) atoms. The van der Waals surface area contributed by atoms with E-state index in [1.165, 1.54) is 6.08 Å². The zero-order valence-corrected chi connectivity index (χ0v) is 18.0. The predicted octanol–water partition coefficient (Wildman–Crippen LogP) is 4.12. The molecule has 0 unspecified atom stereocenters. The average Bonchev–Trinajstić information content (AvgIpc) is 3.39. The van der Waals surface area contributed by atoms with Gasteiger partial charge in [-0.2, -0.15) is 5.10 Å². The lowest BCUT2D eigenvalue weighted by atomic mass is 10.2. The van der Waals surface area contributed by atoms with Crippen LogP contribution in [0, 0.1) is 0 Å². The fourth-order valence-corrected chi connectivity index (χ4v) is 2.93. The second-order valence-corrected chi connectivity index (χ2v) is 6.74. The molecule has 0 aliphatic rings. The molecule has 2 aromatic carbocycles. The number of methoxy groups -OCH3 is 2. The van der Waals surface area contributed by atoms with Crippen molar-refractivity contribution in [3.63, 3.8) is 0 Å². The summed E-state index contributed by atoms with van der Waals surface area (Å²) in [4.78, 5) is 12.3. The van der Waals surface area contributed by atoms with Crippen molar-refractivity contribution in [2.24, 2.45) is 0 Å². The van der Waals surface area contributed by atoms with E-state index in [-0.39, 0.29) is 5.91 Å². The monoisotopic (exact) mass is 443 g/mol. The van der Waals surface area contributed by atoms with Crippen molar-refractivity contribution >= 4 is 17.7 Å². The van der Waals surface area contributed by atoms with Gasteiger partial charge in [-0.05, 0) is 60.2 Å².